The summed E-state index contributed by atoms with van der Waals surface area (Å²) in [6.07, 6.45) is 1.72. The number of thiazole rings is 1. The fraction of sp³-hybridized carbons (Fsp3) is 0.238. The summed E-state index contributed by atoms with van der Waals surface area (Å²) in [5.41, 5.74) is 3.10. The number of amides is 1. The molecule has 1 unspecified atom stereocenters. The van der Waals surface area contributed by atoms with Crippen LogP contribution in [0.15, 0.2) is 48.7 Å². The van der Waals surface area contributed by atoms with Crippen molar-refractivity contribution in [3.63, 3.8) is 0 Å². The van der Waals surface area contributed by atoms with Gasteiger partial charge in [-0.1, -0.05) is 18.2 Å². The van der Waals surface area contributed by atoms with Crippen LogP contribution in [0, 0.1) is 18.3 Å². The predicted molar refractivity (Wildman–Crippen MR) is 106 cm³/mol. The number of benzene rings is 1. The number of aryl methyl sites for hydroxylation is 1. The van der Waals surface area contributed by atoms with Gasteiger partial charge in [0.05, 0.1) is 29.1 Å². The van der Waals surface area contributed by atoms with E-state index in [2.05, 4.69) is 16.0 Å². The summed E-state index contributed by atoms with van der Waals surface area (Å²) in [6, 6.07) is 15.0. The van der Waals surface area contributed by atoms with Crippen molar-refractivity contribution in [3.05, 3.63) is 70.4 Å². The van der Waals surface area contributed by atoms with Gasteiger partial charge < -0.3 is 4.90 Å². The maximum Gasteiger partial charge on any atom is 0.266 e. The van der Waals surface area contributed by atoms with Gasteiger partial charge in [-0.15, -0.1) is 11.3 Å². The fourth-order valence-electron chi connectivity index (χ4n) is 2.93. The standard InChI is InChI=1S/C21H20N4OS/c1-4-25(15(3)17-10-8-16(13-22)9-11-17)21(26)19-14(2)24-20(27-19)18-7-5-6-12-23-18/h5-12,15H,4H2,1-3H3. The number of aromatic nitrogens is 2. The molecule has 0 radical (unpaired) electrons. The van der Waals surface area contributed by atoms with Crippen molar-refractivity contribution in [1.82, 2.24) is 14.9 Å². The molecule has 2 heterocycles. The number of carbonyl (C=O) groups is 1. The maximum absolute atomic E-state index is 13.2. The fourth-order valence-corrected chi connectivity index (χ4v) is 3.93. The first-order valence-corrected chi connectivity index (χ1v) is 9.56. The quantitative estimate of drug-likeness (QED) is 0.652. The third-order valence-electron chi connectivity index (χ3n) is 4.47. The van der Waals surface area contributed by atoms with Crippen molar-refractivity contribution < 1.29 is 4.79 Å². The zero-order chi connectivity index (χ0) is 19.4. The number of carbonyl (C=O) groups excluding carboxylic acids is 1. The molecule has 136 valence electrons. The number of nitriles is 1. The second-order valence-corrected chi connectivity index (χ2v) is 7.15. The van der Waals surface area contributed by atoms with Crippen LogP contribution in [0.2, 0.25) is 0 Å². The first-order valence-electron chi connectivity index (χ1n) is 8.75. The molecule has 0 aliphatic rings. The number of nitrogens with zero attached hydrogens (tertiary/aromatic N) is 4. The molecule has 3 rings (SSSR count). The molecule has 3 aromatic rings. The Bertz CT molecular complexity index is 974. The normalized spacial score (nSPS) is 11.6. The monoisotopic (exact) mass is 376 g/mol. The van der Waals surface area contributed by atoms with Gasteiger partial charge in [-0.05, 0) is 50.6 Å². The molecule has 27 heavy (non-hydrogen) atoms. The van der Waals surface area contributed by atoms with Crippen molar-refractivity contribution in [2.24, 2.45) is 0 Å². The van der Waals surface area contributed by atoms with E-state index >= 15 is 0 Å². The van der Waals surface area contributed by atoms with E-state index in [9.17, 15) is 4.79 Å². The Morgan fingerprint density at radius 1 is 1.26 bits per heavy atom. The zero-order valence-electron chi connectivity index (χ0n) is 15.5. The minimum absolute atomic E-state index is 0.0356. The molecule has 1 atom stereocenters. The molecule has 0 N–H and O–H groups in total. The van der Waals surface area contributed by atoms with Crippen LogP contribution in [0.1, 0.15) is 46.4 Å². The highest BCUT2D eigenvalue weighted by atomic mass is 32.1. The van der Waals surface area contributed by atoms with Crippen molar-refractivity contribution >= 4 is 17.2 Å². The van der Waals surface area contributed by atoms with Crippen LogP contribution in [0.5, 0.6) is 0 Å². The molecule has 0 aliphatic carbocycles. The smallest absolute Gasteiger partial charge is 0.266 e. The molecule has 2 aromatic heterocycles. The number of pyridine rings is 1. The van der Waals surface area contributed by atoms with E-state index in [4.69, 9.17) is 5.26 Å². The average molecular weight is 376 g/mol. The summed E-state index contributed by atoms with van der Waals surface area (Å²) in [6.45, 7) is 6.40. The van der Waals surface area contributed by atoms with Crippen LogP contribution in [-0.4, -0.2) is 27.3 Å². The lowest BCUT2D eigenvalue weighted by molar-refractivity contribution is 0.0706. The number of rotatable bonds is 5. The lowest BCUT2D eigenvalue weighted by atomic mass is 10.0. The van der Waals surface area contributed by atoms with Gasteiger partial charge in [0, 0.05) is 12.7 Å². The Morgan fingerprint density at radius 3 is 2.59 bits per heavy atom. The molecular weight excluding hydrogens is 356 g/mol. The molecule has 0 aliphatic heterocycles. The third kappa shape index (κ3) is 3.88. The van der Waals surface area contributed by atoms with E-state index in [1.807, 2.05) is 56.0 Å². The molecule has 5 nitrogen and oxygen atoms in total. The third-order valence-corrected chi connectivity index (χ3v) is 5.63. The van der Waals surface area contributed by atoms with E-state index in [1.54, 1.807) is 18.3 Å². The average Bonchev–Trinajstić information content (AvgIpc) is 3.10. The maximum atomic E-state index is 13.2. The van der Waals surface area contributed by atoms with Gasteiger partial charge in [0.15, 0.2) is 0 Å². The van der Waals surface area contributed by atoms with E-state index < -0.39 is 0 Å². The number of hydrogen-bond donors (Lipinski definition) is 0. The highest BCUT2D eigenvalue weighted by Crippen LogP contribution is 2.30. The van der Waals surface area contributed by atoms with Crippen LogP contribution in [0.4, 0.5) is 0 Å². The Kier molecular flexibility index (Phi) is 5.63. The van der Waals surface area contributed by atoms with Gasteiger partial charge in [-0.2, -0.15) is 5.26 Å². The Balaban J connectivity index is 1.88. The summed E-state index contributed by atoms with van der Waals surface area (Å²) in [7, 11) is 0. The summed E-state index contributed by atoms with van der Waals surface area (Å²) < 4.78 is 0. The molecule has 1 aromatic carbocycles. The van der Waals surface area contributed by atoms with E-state index in [-0.39, 0.29) is 11.9 Å². The van der Waals surface area contributed by atoms with Crippen LogP contribution in [0.3, 0.4) is 0 Å². The van der Waals surface area contributed by atoms with Gasteiger partial charge in [-0.3, -0.25) is 9.78 Å². The van der Waals surface area contributed by atoms with E-state index in [0.717, 1.165) is 22.0 Å². The van der Waals surface area contributed by atoms with Gasteiger partial charge in [-0.25, -0.2) is 4.98 Å². The first-order chi connectivity index (χ1) is 13.0. The molecular formula is C21H20N4OS. The van der Waals surface area contributed by atoms with Crippen LogP contribution >= 0.6 is 11.3 Å². The van der Waals surface area contributed by atoms with Crippen LogP contribution < -0.4 is 0 Å². The number of hydrogen-bond acceptors (Lipinski definition) is 5. The first kappa shape index (κ1) is 18.7. The minimum Gasteiger partial charge on any atom is -0.331 e. The van der Waals surface area contributed by atoms with Crippen molar-refractivity contribution in [2.45, 2.75) is 26.8 Å². The topological polar surface area (TPSA) is 69.9 Å². The molecule has 1 amide bonds. The van der Waals surface area contributed by atoms with E-state index in [1.165, 1.54) is 11.3 Å². The van der Waals surface area contributed by atoms with Gasteiger partial charge in [0.2, 0.25) is 0 Å². The van der Waals surface area contributed by atoms with Crippen LogP contribution in [-0.2, 0) is 0 Å². The molecule has 0 saturated carbocycles. The molecule has 0 fully saturated rings. The summed E-state index contributed by atoms with van der Waals surface area (Å²) in [5.74, 6) is -0.0356. The lowest BCUT2D eigenvalue weighted by Gasteiger charge is -2.28. The van der Waals surface area contributed by atoms with Crippen molar-refractivity contribution in [2.75, 3.05) is 6.54 Å². The largest absolute Gasteiger partial charge is 0.331 e. The van der Waals surface area contributed by atoms with Gasteiger partial charge in [0.1, 0.15) is 9.88 Å². The Labute approximate surface area is 162 Å². The molecule has 0 spiro atoms. The second-order valence-electron chi connectivity index (χ2n) is 6.15. The predicted octanol–water partition coefficient (Wildman–Crippen LogP) is 4.61. The second kappa shape index (κ2) is 8.11. The van der Waals surface area contributed by atoms with Gasteiger partial charge >= 0.3 is 0 Å². The lowest BCUT2D eigenvalue weighted by Crippen LogP contribution is -2.33. The highest BCUT2D eigenvalue weighted by molar-refractivity contribution is 7.17. The molecule has 0 saturated heterocycles. The van der Waals surface area contributed by atoms with Crippen molar-refractivity contribution in [3.8, 4) is 16.8 Å². The SMILES string of the molecule is CCN(C(=O)c1sc(-c2ccccn2)nc1C)C(C)c1ccc(C#N)cc1. The highest BCUT2D eigenvalue weighted by Gasteiger charge is 2.25. The zero-order valence-corrected chi connectivity index (χ0v) is 16.3. The summed E-state index contributed by atoms with van der Waals surface area (Å²) >= 11 is 1.38. The summed E-state index contributed by atoms with van der Waals surface area (Å²) in [5, 5.41) is 9.71. The van der Waals surface area contributed by atoms with Gasteiger partial charge in [0.25, 0.3) is 5.91 Å². The summed E-state index contributed by atoms with van der Waals surface area (Å²) in [4.78, 5) is 24.5. The molecule has 0 bridgehead atoms. The Morgan fingerprint density at radius 2 is 2.00 bits per heavy atom. The molecule has 6 heteroatoms. The minimum atomic E-state index is -0.102. The van der Waals surface area contributed by atoms with Crippen LogP contribution in [0.25, 0.3) is 10.7 Å². The van der Waals surface area contributed by atoms with E-state index in [0.29, 0.717) is 17.0 Å². The Hall–Kier alpha value is -3.04. The van der Waals surface area contributed by atoms with Crippen molar-refractivity contribution in [1.29, 1.82) is 5.26 Å².